The Labute approximate surface area is 90.4 Å². The number of halogens is 1. The predicted octanol–water partition coefficient (Wildman–Crippen LogP) is 2.31. The topological polar surface area (TPSA) is 29.1 Å². The number of rotatable bonds is 2. The molecule has 1 N–H and O–H groups in total. The van der Waals surface area contributed by atoms with E-state index in [4.69, 9.17) is 11.6 Å². The Bertz CT molecular complexity index is 225. The number of nitrogens with one attached hydrogen (secondary N) is 1. The standard InChI is InChI=1S/C11H18ClNO/c1-7-5-8(6-7)11(14)13-10-4-2-3-9(10)12/h7-10H,2-6H2,1H3,(H,13,14). The third-order valence-electron chi connectivity index (χ3n) is 3.50. The molecule has 0 aromatic heterocycles. The lowest BCUT2D eigenvalue weighted by molar-refractivity contribution is -0.129. The monoisotopic (exact) mass is 215 g/mol. The molecule has 0 spiro atoms. The van der Waals surface area contributed by atoms with Gasteiger partial charge in [-0.1, -0.05) is 6.92 Å². The zero-order valence-electron chi connectivity index (χ0n) is 8.63. The van der Waals surface area contributed by atoms with Crippen LogP contribution in [-0.4, -0.2) is 17.3 Å². The molecule has 80 valence electrons. The van der Waals surface area contributed by atoms with Crippen LogP contribution in [0.15, 0.2) is 0 Å². The second kappa shape index (κ2) is 4.09. The summed E-state index contributed by atoms with van der Waals surface area (Å²) in [7, 11) is 0. The van der Waals surface area contributed by atoms with Crippen molar-refractivity contribution >= 4 is 17.5 Å². The minimum absolute atomic E-state index is 0.163. The maximum Gasteiger partial charge on any atom is 0.223 e. The van der Waals surface area contributed by atoms with Gasteiger partial charge >= 0.3 is 0 Å². The lowest BCUT2D eigenvalue weighted by Gasteiger charge is -2.32. The number of hydrogen-bond donors (Lipinski definition) is 1. The molecular weight excluding hydrogens is 198 g/mol. The van der Waals surface area contributed by atoms with Gasteiger partial charge < -0.3 is 5.32 Å². The molecule has 2 fully saturated rings. The molecule has 0 saturated heterocycles. The van der Waals surface area contributed by atoms with E-state index in [0.717, 1.165) is 38.0 Å². The van der Waals surface area contributed by atoms with E-state index in [1.165, 1.54) is 0 Å². The van der Waals surface area contributed by atoms with E-state index in [1.807, 2.05) is 0 Å². The fourth-order valence-electron chi connectivity index (χ4n) is 2.49. The summed E-state index contributed by atoms with van der Waals surface area (Å²) in [5, 5.41) is 3.24. The third-order valence-corrected chi connectivity index (χ3v) is 4.03. The van der Waals surface area contributed by atoms with Crippen LogP contribution in [0.25, 0.3) is 0 Å². The predicted molar refractivity (Wildman–Crippen MR) is 57.3 cm³/mol. The lowest BCUT2D eigenvalue weighted by Crippen LogP contribution is -2.44. The van der Waals surface area contributed by atoms with Crippen LogP contribution in [0.3, 0.4) is 0 Å². The van der Waals surface area contributed by atoms with Crippen LogP contribution in [0, 0.1) is 11.8 Å². The molecule has 2 nitrogen and oxygen atoms in total. The van der Waals surface area contributed by atoms with Gasteiger partial charge in [-0.3, -0.25) is 4.79 Å². The Hall–Kier alpha value is -0.240. The van der Waals surface area contributed by atoms with Crippen molar-refractivity contribution < 1.29 is 4.79 Å². The van der Waals surface area contributed by atoms with Crippen molar-refractivity contribution in [3.63, 3.8) is 0 Å². The van der Waals surface area contributed by atoms with Crippen molar-refractivity contribution in [3.8, 4) is 0 Å². The van der Waals surface area contributed by atoms with Gasteiger partial charge in [0.25, 0.3) is 0 Å². The van der Waals surface area contributed by atoms with E-state index in [2.05, 4.69) is 12.2 Å². The third kappa shape index (κ3) is 2.05. The maximum absolute atomic E-state index is 11.7. The molecule has 0 aliphatic heterocycles. The highest BCUT2D eigenvalue weighted by atomic mass is 35.5. The number of amides is 1. The molecule has 2 unspecified atom stereocenters. The lowest BCUT2D eigenvalue weighted by atomic mass is 9.75. The van der Waals surface area contributed by atoms with Crippen molar-refractivity contribution in [3.05, 3.63) is 0 Å². The molecule has 2 saturated carbocycles. The van der Waals surface area contributed by atoms with Crippen molar-refractivity contribution in [2.24, 2.45) is 11.8 Å². The molecule has 3 heteroatoms. The molecule has 0 aromatic rings. The smallest absolute Gasteiger partial charge is 0.223 e. The van der Waals surface area contributed by atoms with Gasteiger partial charge in [0.05, 0.1) is 5.38 Å². The number of carbonyl (C=O) groups excluding carboxylic acids is 1. The van der Waals surface area contributed by atoms with Gasteiger partial charge in [-0.05, 0) is 38.0 Å². The van der Waals surface area contributed by atoms with Crippen LogP contribution in [-0.2, 0) is 4.79 Å². The van der Waals surface area contributed by atoms with E-state index in [9.17, 15) is 4.79 Å². The van der Waals surface area contributed by atoms with E-state index >= 15 is 0 Å². The molecule has 0 aromatic carbocycles. The Balaban J connectivity index is 1.77. The zero-order valence-corrected chi connectivity index (χ0v) is 9.39. The largest absolute Gasteiger partial charge is 0.352 e. The fraction of sp³-hybridized carbons (Fsp3) is 0.909. The summed E-state index contributed by atoms with van der Waals surface area (Å²) < 4.78 is 0. The van der Waals surface area contributed by atoms with Crippen LogP contribution in [0.1, 0.15) is 39.0 Å². The quantitative estimate of drug-likeness (QED) is 0.704. The summed E-state index contributed by atoms with van der Waals surface area (Å²) in [6.07, 6.45) is 5.38. The van der Waals surface area contributed by atoms with Gasteiger partial charge in [-0.25, -0.2) is 0 Å². The normalized spacial score (nSPS) is 41.9. The van der Waals surface area contributed by atoms with Gasteiger partial charge in [0.15, 0.2) is 0 Å². The Morgan fingerprint density at radius 1 is 1.36 bits per heavy atom. The summed E-state index contributed by atoms with van der Waals surface area (Å²) in [6.45, 7) is 2.20. The Morgan fingerprint density at radius 2 is 2.07 bits per heavy atom. The molecule has 0 bridgehead atoms. The first-order valence-corrected chi connectivity index (χ1v) is 6.05. The van der Waals surface area contributed by atoms with Crippen LogP contribution in [0.2, 0.25) is 0 Å². The highest BCUT2D eigenvalue weighted by Crippen LogP contribution is 2.33. The molecule has 0 heterocycles. The van der Waals surface area contributed by atoms with Crippen molar-refractivity contribution in [1.29, 1.82) is 0 Å². The highest BCUT2D eigenvalue weighted by Gasteiger charge is 2.34. The van der Waals surface area contributed by atoms with Crippen LogP contribution >= 0.6 is 11.6 Å². The molecule has 2 atom stereocenters. The zero-order chi connectivity index (χ0) is 10.1. The van der Waals surface area contributed by atoms with Crippen molar-refractivity contribution in [2.45, 2.75) is 50.4 Å². The van der Waals surface area contributed by atoms with E-state index in [0.29, 0.717) is 0 Å². The average Bonchev–Trinajstić information content (AvgIpc) is 2.46. The van der Waals surface area contributed by atoms with Gasteiger partial charge in [0.1, 0.15) is 0 Å². The SMILES string of the molecule is CC1CC(C(=O)NC2CCCC2Cl)C1. The number of alkyl halides is 1. The summed E-state index contributed by atoms with van der Waals surface area (Å²) in [5.41, 5.74) is 0. The van der Waals surface area contributed by atoms with Gasteiger partial charge in [-0.2, -0.15) is 0 Å². The van der Waals surface area contributed by atoms with Gasteiger partial charge in [0, 0.05) is 12.0 Å². The number of carbonyl (C=O) groups is 1. The first-order valence-electron chi connectivity index (χ1n) is 5.61. The van der Waals surface area contributed by atoms with Crippen molar-refractivity contribution in [2.75, 3.05) is 0 Å². The highest BCUT2D eigenvalue weighted by molar-refractivity contribution is 6.21. The molecule has 2 rings (SSSR count). The van der Waals surface area contributed by atoms with Crippen LogP contribution in [0.4, 0.5) is 0 Å². The average molecular weight is 216 g/mol. The van der Waals surface area contributed by atoms with Crippen LogP contribution < -0.4 is 5.32 Å². The second-order valence-electron chi connectivity index (χ2n) is 4.84. The van der Waals surface area contributed by atoms with E-state index < -0.39 is 0 Å². The summed E-state index contributed by atoms with van der Waals surface area (Å²) in [4.78, 5) is 11.7. The summed E-state index contributed by atoms with van der Waals surface area (Å²) >= 11 is 6.10. The van der Waals surface area contributed by atoms with Gasteiger partial charge in [-0.15, -0.1) is 11.6 Å². The Morgan fingerprint density at radius 3 is 2.57 bits per heavy atom. The second-order valence-corrected chi connectivity index (χ2v) is 5.40. The molecule has 1 amide bonds. The minimum Gasteiger partial charge on any atom is -0.352 e. The Kier molecular flexibility index (Phi) is 3.01. The van der Waals surface area contributed by atoms with Gasteiger partial charge in [0.2, 0.25) is 5.91 Å². The van der Waals surface area contributed by atoms with Crippen LogP contribution in [0.5, 0.6) is 0 Å². The molecule has 0 radical (unpaired) electrons. The first kappa shape index (κ1) is 10.3. The minimum atomic E-state index is 0.163. The van der Waals surface area contributed by atoms with E-state index in [1.54, 1.807) is 0 Å². The molecule has 14 heavy (non-hydrogen) atoms. The molecule has 2 aliphatic carbocycles. The van der Waals surface area contributed by atoms with E-state index in [-0.39, 0.29) is 23.2 Å². The fourth-order valence-corrected chi connectivity index (χ4v) is 2.84. The van der Waals surface area contributed by atoms with Crippen molar-refractivity contribution in [1.82, 2.24) is 5.32 Å². The summed E-state index contributed by atoms with van der Waals surface area (Å²) in [6, 6.07) is 0.236. The number of hydrogen-bond acceptors (Lipinski definition) is 1. The summed E-state index contributed by atoms with van der Waals surface area (Å²) in [5.74, 6) is 1.25. The first-order chi connectivity index (χ1) is 6.66. The molecule has 2 aliphatic rings. The molecular formula is C11H18ClNO. The maximum atomic E-state index is 11.7.